The zero-order valence-corrected chi connectivity index (χ0v) is 10.4. The van der Waals surface area contributed by atoms with E-state index in [4.69, 9.17) is 4.42 Å². The summed E-state index contributed by atoms with van der Waals surface area (Å²) in [5.74, 6) is 1.04. The van der Waals surface area contributed by atoms with Crippen molar-refractivity contribution < 1.29 is 4.42 Å². The molecule has 0 atom stereocenters. The van der Waals surface area contributed by atoms with Gasteiger partial charge in [-0.3, -0.25) is 0 Å². The Hall–Kier alpha value is -1.50. The fraction of sp³-hybridized carbons (Fsp3) is 0.333. The Morgan fingerprint density at radius 1 is 1.38 bits per heavy atom. The molecule has 1 heteroatoms. The maximum absolute atomic E-state index is 5.41. The minimum atomic E-state index is 0.898. The van der Waals surface area contributed by atoms with Crippen LogP contribution in [0.2, 0.25) is 0 Å². The fourth-order valence-electron chi connectivity index (χ4n) is 1.46. The second-order valence-corrected chi connectivity index (χ2v) is 4.21. The summed E-state index contributed by atoms with van der Waals surface area (Å²) >= 11 is 0. The first-order chi connectivity index (χ1) is 7.61. The van der Waals surface area contributed by atoms with Crippen LogP contribution in [0.4, 0.5) is 0 Å². The molecule has 1 rings (SSSR count). The van der Waals surface area contributed by atoms with E-state index in [0.717, 1.165) is 18.6 Å². The average Bonchev–Trinajstić information content (AvgIpc) is 2.63. The first-order valence-corrected chi connectivity index (χ1v) is 5.60. The van der Waals surface area contributed by atoms with Crippen LogP contribution in [0.25, 0.3) is 0 Å². The van der Waals surface area contributed by atoms with Gasteiger partial charge in [-0.1, -0.05) is 36.0 Å². The molecule has 0 aliphatic heterocycles. The van der Waals surface area contributed by atoms with E-state index in [9.17, 15) is 0 Å². The van der Waals surface area contributed by atoms with E-state index < -0.39 is 0 Å². The highest BCUT2D eigenvalue weighted by molar-refractivity contribution is 5.19. The van der Waals surface area contributed by atoms with Crippen LogP contribution in [-0.4, -0.2) is 0 Å². The van der Waals surface area contributed by atoms with E-state index >= 15 is 0 Å². The average molecular weight is 216 g/mol. The van der Waals surface area contributed by atoms with E-state index in [0.29, 0.717) is 0 Å². The Kier molecular flexibility index (Phi) is 4.84. The molecule has 1 nitrogen and oxygen atoms in total. The largest absolute Gasteiger partial charge is 0.469 e. The van der Waals surface area contributed by atoms with Gasteiger partial charge in [0.1, 0.15) is 5.76 Å². The molecule has 0 radical (unpaired) electrons. The van der Waals surface area contributed by atoms with Crippen molar-refractivity contribution in [3.05, 3.63) is 59.6 Å². The van der Waals surface area contributed by atoms with Gasteiger partial charge in [-0.25, -0.2) is 0 Å². The smallest absolute Gasteiger partial charge is 0.108 e. The summed E-state index contributed by atoms with van der Waals surface area (Å²) in [6, 6.07) is 2.09. The van der Waals surface area contributed by atoms with Crippen LogP contribution in [0.5, 0.6) is 0 Å². The molecule has 0 N–H and O–H groups in total. The van der Waals surface area contributed by atoms with E-state index in [1.807, 2.05) is 13.0 Å². The van der Waals surface area contributed by atoms with Gasteiger partial charge in [-0.05, 0) is 38.8 Å². The molecule has 0 aliphatic rings. The Morgan fingerprint density at radius 2 is 2.12 bits per heavy atom. The molecule has 0 amide bonds. The van der Waals surface area contributed by atoms with Crippen molar-refractivity contribution in [1.82, 2.24) is 0 Å². The topological polar surface area (TPSA) is 13.1 Å². The van der Waals surface area contributed by atoms with Crippen LogP contribution in [0.15, 0.2) is 52.7 Å². The lowest BCUT2D eigenvalue weighted by molar-refractivity contribution is 0.518. The Morgan fingerprint density at radius 3 is 2.69 bits per heavy atom. The molecule has 0 saturated carbocycles. The van der Waals surface area contributed by atoms with Crippen molar-refractivity contribution >= 4 is 0 Å². The third-order valence-corrected chi connectivity index (χ3v) is 2.47. The summed E-state index contributed by atoms with van der Waals surface area (Å²) in [7, 11) is 0. The second-order valence-electron chi connectivity index (χ2n) is 4.21. The molecule has 1 aromatic rings. The number of allylic oxidation sites excluding steroid dienone is 5. The first-order valence-electron chi connectivity index (χ1n) is 5.60. The summed E-state index contributed by atoms with van der Waals surface area (Å²) in [4.78, 5) is 0. The number of furan rings is 1. The van der Waals surface area contributed by atoms with Gasteiger partial charge in [0.25, 0.3) is 0 Å². The Labute approximate surface area is 98.2 Å². The first kappa shape index (κ1) is 12.6. The van der Waals surface area contributed by atoms with Crippen molar-refractivity contribution in [1.29, 1.82) is 0 Å². The Bertz CT molecular complexity index is 405. The van der Waals surface area contributed by atoms with Gasteiger partial charge < -0.3 is 4.42 Å². The highest BCUT2D eigenvalue weighted by Crippen LogP contribution is 2.12. The van der Waals surface area contributed by atoms with Gasteiger partial charge in [0, 0.05) is 6.42 Å². The van der Waals surface area contributed by atoms with Gasteiger partial charge in [-0.2, -0.15) is 0 Å². The highest BCUT2D eigenvalue weighted by Gasteiger charge is 1.98. The molecule has 0 unspecified atom stereocenters. The van der Waals surface area contributed by atoms with E-state index in [-0.39, 0.29) is 0 Å². The molecular weight excluding hydrogens is 196 g/mol. The minimum Gasteiger partial charge on any atom is -0.469 e. The van der Waals surface area contributed by atoms with Crippen LogP contribution < -0.4 is 0 Å². The quantitative estimate of drug-likeness (QED) is 0.518. The second kappa shape index (κ2) is 6.16. The van der Waals surface area contributed by atoms with Crippen LogP contribution in [0.3, 0.4) is 0 Å². The molecule has 0 aromatic carbocycles. The standard InChI is InChI=1S/C15H20O/c1-5-12(2)7-6-8-13(3)9-15-10-14(4)11-16-15/h5,7-8,10-11H,1,6,9H2,2-4H3/b12-7+,13-8+. The molecule has 1 heterocycles. The van der Waals surface area contributed by atoms with Gasteiger partial charge in [0.2, 0.25) is 0 Å². The summed E-state index contributed by atoms with van der Waals surface area (Å²) in [5.41, 5.74) is 3.74. The molecule has 86 valence electrons. The molecule has 0 bridgehead atoms. The molecule has 0 aliphatic carbocycles. The Balaban J connectivity index is 2.49. The number of rotatable bonds is 5. The fourth-order valence-corrected chi connectivity index (χ4v) is 1.46. The van der Waals surface area contributed by atoms with Crippen LogP contribution in [0.1, 0.15) is 31.6 Å². The van der Waals surface area contributed by atoms with Gasteiger partial charge >= 0.3 is 0 Å². The monoisotopic (exact) mass is 216 g/mol. The normalized spacial score (nSPS) is 12.9. The van der Waals surface area contributed by atoms with Crippen LogP contribution in [-0.2, 0) is 6.42 Å². The molecule has 16 heavy (non-hydrogen) atoms. The maximum Gasteiger partial charge on any atom is 0.108 e. The van der Waals surface area contributed by atoms with Gasteiger partial charge in [-0.15, -0.1) is 0 Å². The van der Waals surface area contributed by atoms with Crippen molar-refractivity contribution in [2.45, 2.75) is 33.6 Å². The van der Waals surface area contributed by atoms with Crippen LogP contribution >= 0.6 is 0 Å². The summed E-state index contributed by atoms with van der Waals surface area (Å²) in [5, 5.41) is 0. The number of hydrogen-bond donors (Lipinski definition) is 0. The molecule has 0 fully saturated rings. The van der Waals surface area contributed by atoms with Crippen LogP contribution in [0, 0.1) is 6.92 Å². The summed E-state index contributed by atoms with van der Waals surface area (Å²) in [6.45, 7) is 9.96. The molecule has 1 aromatic heterocycles. The third kappa shape index (κ3) is 4.35. The van der Waals surface area contributed by atoms with E-state index in [2.05, 4.69) is 38.6 Å². The highest BCUT2D eigenvalue weighted by atomic mass is 16.3. The van der Waals surface area contributed by atoms with Crippen molar-refractivity contribution in [2.75, 3.05) is 0 Å². The van der Waals surface area contributed by atoms with E-state index in [1.165, 1.54) is 16.7 Å². The molecule has 0 spiro atoms. The SMILES string of the molecule is C=C/C(C)=C/C/C=C(\C)Cc1cc(C)co1. The zero-order chi connectivity index (χ0) is 12.0. The van der Waals surface area contributed by atoms with E-state index in [1.54, 1.807) is 6.26 Å². The molecule has 0 saturated heterocycles. The number of hydrogen-bond acceptors (Lipinski definition) is 1. The van der Waals surface area contributed by atoms with Crippen molar-refractivity contribution in [2.24, 2.45) is 0 Å². The van der Waals surface area contributed by atoms with Crippen molar-refractivity contribution in [3.8, 4) is 0 Å². The predicted octanol–water partition coefficient (Wildman–Crippen LogP) is 4.60. The lowest BCUT2D eigenvalue weighted by Crippen LogP contribution is -1.83. The summed E-state index contributed by atoms with van der Waals surface area (Å²) in [6.07, 6.45) is 9.93. The predicted molar refractivity (Wildman–Crippen MR) is 69.5 cm³/mol. The van der Waals surface area contributed by atoms with Crippen molar-refractivity contribution in [3.63, 3.8) is 0 Å². The summed E-state index contributed by atoms with van der Waals surface area (Å²) < 4.78 is 5.41. The minimum absolute atomic E-state index is 0.898. The lowest BCUT2D eigenvalue weighted by Gasteiger charge is -1.97. The molecular formula is C15H20O. The van der Waals surface area contributed by atoms with Gasteiger partial charge in [0.15, 0.2) is 0 Å². The maximum atomic E-state index is 5.41. The van der Waals surface area contributed by atoms with Gasteiger partial charge in [0.05, 0.1) is 6.26 Å². The third-order valence-electron chi connectivity index (χ3n) is 2.47. The lowest BCUT2D eigenvalue weighted by atomic mass is 10.1. The number of aryl methyl sites for hydroxylation is 1. The zero-order valence-electron chi connectivity index (χ0n) is 10.4.